The van der Waals surface area contributed by atoms with Crippen molar-refractivity contribution in [3.8, 4) is 23.3 Å². The molecule has 5 rings (SSSR count). The topological polar surface area (TPSA) is 108 Å². The first kappa shape index (κ1) is 30.6. The van der Waals surface area contributed by atoms with Crippen molar-refractivity contribution in [2.45, 2.75) is 6.73 Å². The van der Waals surface area contributed by atoms with Gasteiger partial charge in [0.1, 0.15) is 24.4 Å². The Morgan fingerprint density at radius 2 is 1.95 bits per heavy atom. The van der Waals surface area contributed by atoms with Crippen molar-refractivity contribution in [2.24, 2.45) is 0 Å². The van der Waals surface area contributed by atoms with E-state index in [0.717, 1.165) is 21.1 Å². The van der Waals surface area contributed by atoms with Gasteiger partial charge in [-0.15, -0.1) is 0 Å². The number of carbonyl (C=O) groups is 1. The number of nitrogens with zero attached hydrogens (tertiary/aromatic N) is 4. The van der Waals surface area contributed by atoms with Crippen LogP contribution in [0.1, 0.15) is 21.6 Å². The van der Waals surface area contributed by atoms with E-state index in [-0.39, 0.29) is 46.0 Å². The molecule has 0 radical (unpaired) electrons. The third-order valence-electron chi connectivity index (χ3n) is 6.67. The average molecular weight is 685 g/mol. The molecule has 12 heteroatoms. The Hall–Kier alpha value is -3.82. The lowest BCUT2D eigenvalue weighted by molar-refractivity contribution is 0.0861. The van der Waals surface area contributed by atoms with E-state index < -0.39 is 15.8 Å². The largest absolute Gasteiger partial charge is 0.454 e. The lowest BCUT2D eigenvalue weighted by Gasteiger charge is -2.24. The van der Waals surface area contributed by atoms with Crippen LogP contribution in [-0.4, -0.2) is 51.3 Å². The quantitative estimate of drug-likeness (QED) is 0.120. The maximum atomic E-state index is 14.5. The van der Waals surface area contributed by atoms with Crippen molar-refractivity contribution in [1.82, 2.24) is 14.3 Å². The fourth-order valence-electron chi connectivity index (χ4n) is 4.42. The molecule has 0 aliphatic carbocycles. The summed E-state index contributed by atoms with van der Waals surface area (Å²) < 4.78 is 30.2. The number of hydrogen-bond acceptors (Lipinski definition) is 6. The number of nitriles is 1. The molecule has 8 nitrogen and oxygen atoms in total. The molecule has 2 heterocycles. The zero-order valence-corrected chi connectivity index (χ0v) is 26.8. The van der Waals surface area contributed by atoms with Crippen LogP contribution in [0.3, 0.4) is 0 Å². The van der Waals surface area contributed by atoms with Crippen LogP contribution in [0.2, 0.25) is 5.02 Å². The van der Waals surface area contributed by atoms with Gasteiger partial charge < -0.3 is 19.8 Å². The van der Waals surface area contributed by atoms with E-state index >= 15 is 0 Å². The molecule has 43 heavy (non-hydrogen) atoms. The van der Waals surface area contributed by atoms with Crippen LogP contribution in [0.15, 0.2) is 71.3 Å². The molecule has 0 atom stereocenters. The summed E-state index contributed by atoms with van der Waals surface area (Å²) in [7, 11) is -0.721. The predicted octanol–water partition coefficient (Wildman–Crippen LogP) is 7.53. The molecule has 0 spiro atoms. The maximum Gasteiger partial charge on any atom is 0.214 e. The number of hydrogen-bond donors (Lipinski definition) is 1. The number of nitrogen functional groups attached to an aromatic ring is 1. The van der Waals surface area contributed by atoms with Crippen molar-refractivity contribution in [3.63, 3.8) is 0 Å². The van der Waals surface area contributed by atoms with Gasteiger partial charge in [-0.2, -0.15) is 10.4 Å². The number of carbonyl (C=O) groups excluding carboxylic acids is 1. The minimum Gasteiger partial charge on any atom is -0.454 e. The first-order chi connectivity index (χ1) is 20.5. The average Bonchev–Trinajstić information content (AvgIpc) is 3.51. The van der Waals surface area contributed by atoms with E-state index in [1.54, 1.807) is 18.2 Å². The summed E-state index contributed by atoms with van der Waals surface area (Å²) in [6, 6.07) is 18.3. The molecular formula is C31H28BrClFN5O3S. The SMILES string of the molecule is CS(C)(C)CCOCn1c(C(=O)c2cnn(-c3ccc(Oc4cccc(C#N)c4F)cc3Cl)c2N)cc2cc(Br)ccc21. The summed E-state index contributed by atoms with van der Waals surface area (Å²) >= 11 is 10.1. The molecule has 3 aromatic carbocycles. The number of rotatable bonds is 10. The molecule has 0 unspecified atom stereocenters. The lowest BCUT2D eigenvalue weighted by Crippen LogP contribution is -2.15. The number of anilines is 1. The second-order valence-corrected chi connectivity index (χ2v) is 16.5. The number of aromatic nitrogens is 3. The highest BCUT2D eigenvalue weighted by Gasteiger charge is 2.24. The van der Waals surface area contributed by atoms with Crippen molar-refractivity contribution < 1.29 is 18.7 Å². The van der Waals surface area contributed by atoms with Gasteiger partial charge >= 0.3 is 0 Å². The number of benzene rings is 3. The second-order valence-electron chi connectivity index (χ2n) is 10.6. The van der Waals surface area contributed by atoms with Crippen LogP contribution < -0.4 is 10.5 Å². The molecule has 0 saturated heterocycles. The first-order valence-corrected chi connectivity index (χ1v) is 17.2. The Labute approximate surface area is 263 Å². The van der Waals surface area contributed by atoms with E-state index in [9.17, 15) is 9.18 Å². The van der Waals surface area contributed by atoms with Crippen molar-refractivity contribution in [1.29, 1.82) is 5.26 Å². The zero-order chi connectivity index (χ0) is 30.9. The Bertz CT molecular complexity index is 1890. The lowest BCUT2D eigenvalue weighted by atomic mass is 10.1. The first-order valence-electron chi connectivity index (χ1n) is 13.0. The highest BCUT2D eigenvalue weighted by Crippen LogP contribution is 2.35. The predicted molar refractivity (Wildman–Crippen MR) is 173 cm³/mol. The molecule has 0 fully saturated rings. The van der Waals surface area contributed by atoms with Gasteiger partial charge in [0.2, 0.25) is 5.78 Å². The molecule has 2 N–H and O–H groups in total. The Balaban J connectivity index is 1.43. The van der Waals surface area contributed by atoms with Gasteiger partial charge in [0, 0.05) is 21.7 Å². The van der Waals surface area contributed by atoms with E-state index in [1.165, 1.54) is 35.1 Å². The monoisotopic (exact) mass is 683 g/mol. The number of ketones is 1. The standard InChI is InChI=1S/C31H28BrClFN5O3S/c1-43(2,3)12-11-41-18-38-25-9-7-21(32)13-20(25)14-27(38)30(40)23-17-37-39(31(23)36)26-10-8-22(15-24(26)33)42-28-6-4-5-19(16-35)29(28)34/h4-10,13-15,17H,11-12,18,36H2,1-3H3. The molecule has 0 bridgehead atoms. The van der Waals surface area contributed by atoms with Crippen LogP contribution in [0.4, 0.5) is 10.2 Å². The molecule has 0 aliphatic rings. The molecule has 0 amide bonds. The number of ether oxygens (including phenoxy) is 2. The summed E-state index contributed by atoms with van der Waals surface area (Å²) in [6.45, 7) is 0.790. The minimum absolute atomic E-state index is 0.101. The summed E-state index contributed by atoms with van der Waals surface area (Å²) in [5.41, 5.74) is 8.20. The van der Waals surface area contributed by atoms with Gasteiger partial charge in [-0.3, -0.25) is 4.79 Å². The van der Waals surface area contributed by atoms with Crippen LogP contribution in [0, 0.1) is 17.1 Å². The Kier molecular flexibility index (Phi) is 8.85. The van der Waals surface area contributed by atoms with Gasteiger partial charge in [0.05, 0.1) is 45.9 Å². The number of fused-ring (bicyclic) bond motifs is 1. The number of halogens is 3. The maximum absolute atomic E-state index is 14.5. The van der Waals surface area contributed by atoms with Crippen LogP contribution in [0.25, 0.3) is 16.6 Å². The minimum atomic E-state index is -0.768. The summed E-state index contributed by atoms with van der Waals surface area (Å²) in [5.74, 6) is 0.102. The third kappa shape index (κ3) is 6.58. The molecule has 2 aromatic heterocycles. The Morgan fingerprint density at radius 3 is 2.67 bits per heavy atom. The molecule has 222 valence electrons. The number of nitrogens with two attached hydrogens (primary N) is 1. The summed E-state index contributed by atoms with van der Waals surface area (Å²) in [4.78, 5) is 13.9. The van der Waals surface area contributed by atoms with Gasteiger partial charge in [0.25, 0.3) is 0 Å². The fraction of sp³-hybridized carbons (Fsp3) is 0.194. The smallest absolute Gasteiger partial charge is 0.214 e. The summed E-state index contributed by atoms with van der Waals surface area (Å²) in [6.07, 6.45) is 8.10. The zero-order valence-electron chi connectivity index (χ0n) is 23.6. The van der Waals surface area contributed by atoms with Crippen LogP contribution in [0.5, 0.6) is 11.5 Å². The summed E-state index contributed by atoms with van der Waals surface area (Å²) in [5, 5.41) is 14.5. The van der Waals surface area contributed by atoms with Gasteiger partial charge in [-0.1, -0.05) is 33.6 Å². The molecular weight excluding hydrogens is 657 g/mol. The van der Waals surface area contributed by atoms with E-state index in [0.29, 0.717) is 18.0 Å². The molecule has 0 saturated carbocycles. The second kappa shape index (κ2) is 12.4. The van der Waals surface area contributed by atoms with Crippen molar-refractivity contribution >= 4 is 60.1 Å². The van der Waals surface area contributed by atoms with Crippen LogP contribution in [-0.2, 0) is 11.5 Å². The van der Waals surface area contributed by atoms with Crippen molar-refractivity contribution in [2.75, 3.05) is 36.9 Å². The van der Waals surface area contributed by atoms with Gasteiger partial charge in [0.15, 0.2) is 11.6 Å². The highest BCUT2D eigenvalue weighted by atomic mass is 79.9. The molecule has 0 aliphatic heterocycles. The molecule has 5 aromatic rings. The van der Waals surface area contributed by atoms with Gasteiger partial charge in [-0.05, 0) is 67.3 Å². The highest BCUT2D eigenvalue weighted by molar-refractivity contribution is 9.10. The van der Waals surface area contributed by atoms with Crippen molar-refractivity contribution in [3.05, 3.63) is 99.0 Å². The van der Waals surface area contributed by atoms with E-state index in [2.05, 4.69) is 39.8 Å². The van der Waals surface area contributed by atoms with E-state index in [4.69, 9.17) is 32.1 Å². The Morgan fingerprint density at radius 1 is 1.16 bits per heavy atom. The third-order valence-corrected chi connectivity index (χ3v) is 8.85. The van der Waals surface area contributed by atoms with Gasteiger partial charge in [-0.25, -0.2) is 19.1 Å². The van der Waals surface area contributed by atoms with Crippen LogP contribution >= 0.6 is 37.6 Å². The normalized spacial score (nSPS) is 11.9. The van der Waals surface area contributed by atoms with E-state index in [1.807, 2.05) is 28.8 Å². The fourth-order valence-corrected chi connectivity index (χ4v) is 5.67.